The van der Waals surface area contributed by atoms with E-state index >= 15 is 0 Å². The molecule has 0 saturated heterocycles. The number of ether oxygens (including phenoxy) is 1. The molecule has 0 aliphatic heterocycles. The molecule has 1 aromatic carbocycles. The highest BCUT2D eigenvalue weighted by Gasteiger charge is 2.41. The molecule has 21 heavy (non-hydrogen) atoms. The third kappa shape index (κ3) is 3.54. The number of carbonyl (C=O) groups excluding carboxylic acids is 1. The molecular weight excluding hydrogens is 270 g/mol. The van der Waals surface area contributed by atoms with Crippen LogP contribution in [0.4, 0.5) is 5.69 Å². The van der Waals surface area contributed by atoms with E-state index in [0.29, 0.717) is 30.9 Å². The summed E-state index contributed by atoms with van der Waals surface area (Å²) in [4.78, 5) is 23.2. The van der Waals surface area contributed by atoms with E-state index in [4.69, 9.17) is 9.84 Å². The zero-order chi connectivity index (χ0) is 15.4. The minimum Gasteiger partial charge on any atom is -0.491 e. The summed E-state index contributed by atoms with van der Waals surface area (Å²) in [6.45, 7) is 4.55. The Labute approximate surface area is 124 Å². The molecule has 2 atom stereocenters. The molecule has 0 spiro atoms. The first-order valence-electron chi connectivity index (χ1n) is 7.30. The van der Waals surface area contributed by atoms with Crippen LogP contribution in [0.15, 0.2) is 18.2 Å². The Hall–Kier alpha value is -2.04. The van der Waals surface area contributed by atoms with E-state index in [2.05, 4.69) is 5.32 Å². The lowest BCUT2D eigenvalue weighted by Crippen LogP contribution is -2.41. The third-order valence-corrected chi connectivity index (χ3v) is 3.79. The molecule has 1 aliphatic rings. The van der Waals surface area contributed by atoms with E-state index in [1.807, 2.05) is 26.0 Å². The van der Waals surface area contributed by atoms with E-state index in [0.717, 1.165) is 12.0 Å². The quantitative estimate of drug-likeness (QED) is 0.845. The largest absolute Gasteiger partial charge is 0.491 e. The highest BCUT2D eigenvalue weighted by atomic mass is 16.5. The molecule has 1 saturated carbocycles. The van der Waals surface area contributed by atoms with Crippen LogP contribution in [0.1, 0.15) is 31.7 Å². The van der Waals surface area contributed by atoms with Crippen molar-refractivity contribution in [2.24, 2.45) is 11.8 Å². The van der Waals surface area contributed by atoms with Gasteiger partial charge in [0, 0.05) is 0 Å². The molecule has 5 nitrogen and oxygen atoms in total. The molecule has 2 unspecified atom stereocenters. The number of carbonyl (C=O) groups is 2. The van der Waals surface area contributed by atoms with E-state index in [1.165, 1.54) is 0 Å². The monoisotopic (exact) mass is 291 g/mol. The summed E-state index contributed by atoms with van der Waals surface area (Å²) < 4.78 is 5.64. The Morgan fingerprint density at radius 2 is 2.05 bits per heavy atom. The van der Waals surface area contributed by atoms with Gasteiger partial charge in [0.1, 0.15) is 5.75 Å². The summed E-state index contributed by atoms with van der Waals surface area (Å²) in [7, 11) is 0. The Morgan fingerprint density at radius 1 is 1.33 bits per heavy atom. The average molecular weight is 291 g/mol. The Morgan fingerprint density at radius 3 is 2.62 bits per heavy atom. The second-order valence-corrected chi connectivity index (χ2v) is 5.47. The highest BCUT2D eigenvalue weighted by molar-refractivity contribution is 5.97. The van der Waals surface area contributed by atoms with Crippen molar-refractivity contribution in [3.05, 3.63) is 23.8 Å². The van der Waals surface area contributed by atoms with Gasteiger partial charge in [0.15, 0.2) is 0 Å². The number of aryl methyl sites for hydroxylation is 1. The van der Waals surface area contributed by atoms with Crippen molar-refractivity contribution < 1.29 is 19.4 Å². The number of hydrogen-bond acceptors (Lipinski definition) is 3. The van der Waals surface area contributed by atoms with Crippen LogP contribution < -0.4 is 10.1 Å². The Balaban J connectivity index is 2.08. The molecule has 114 valence electrons. The standard InChI is InChI=1S/C16H21NO4/c1-3-8-21-14-9-10(2)4-7-13(14)17-15(18)11-5-6-12(11)16(19)20/h4,7,9,11-12H,3,5-6,8H2,1-2H3,(H,17,18)(H,19,20). The zero-order valence-corrected chi connectivity index (χ0v) is 12.4. The number of carboxylic acid groups (broad SMARTS) is 1. The molecule has 1 aliphatic carbocycles. The van der Waals surface area contributed by atoms with Crippen LogP contribution in [0.5, 0.6) is 5.75 Å². The maximum atomic E-state index is 12.2. The first-order chi connectivity index (χ1) is 10.0. The van der Waals surface area contributed by atoms with Crippen molar-refractivity contribution in [3.8, 4) is 5.75 Å². The van der Waals surface area contributed by atoms with Crippen molar-refractivity contribution in [1.82, 2.24) is 0 Å². The number of hydrogen-bond donors (Lipinski definition) is 2. The van der Waals surface area contributed by atoms with Crippen molar-refractivity contribution in [3.63, 3.8) is 0 Å². The molecule has 2 N–H and O–H groups in total. The Bertz CT molecular complexity index is 541. The average Bonchev–Trinajstić information content (AvgIpc) is 2.37. The van der Waals surface area contributed by atoms with E-state index < -0.39 is 17.8 Å². The van der Waals surface area contributed by atoms with Gasteiger partial charge < -0.3 is 15.2 Å². The molecule has 5 heteroatoms. The predicted octanol–water partition coefficient (Wildman–Crippen LogP) is 2.83. The predicted molar refractivity (Wildman–Crippen MR) is 79.4 cm³/mol. The minimum atomic E-state index is -0.896. The third-order valence-electron chi connectivity index (χ3n) is 3.79. The minimum absolute atomic E-state index is 0.237. The topological polar surface area (TPSA) is 75.6 Å². The summed E-state index contributed by atoms with van der Waals surface area (Å²) in [6.07, 6.45) is 2.07. The lowest BCUT2D eigenvalue weighted by Gasteiger charge is -2.32. The summed E-state index contributed by atoms with van der Waals surface area (Å²) in [5.74, 6) is -1.50. The van der Waals surface area contributed by atoms with Gasteiger partial charge >= 0.3 is 5.97 Å². The summed E-state index contributed by atoms with van der Waals surface area (Å²) in [5, 5.41) is 11.8. The van der Waals surface area contributed by atoms with Gasteiger partial charge in [-0.1, -0.05) is 13.0 Å². The Kier molecular flexibility index (Phi) is 4.83. The van der Waals surface area contributed by atoms with E-state index in [9.17, 15) is 9.59 Å². The molecule has 0 bridgehead atoms. The fourth-order valence-electron chi connectivity index (χ4n) is 2.40. The number of anilines is 1. The molecule has 0 radical (unpaired) electrons. The molecule has 2 rings (SSSR count). The number of aliphatic carboxylic acids is 1. The van der Waals surface area contributed by atoms with Gasteiger partial charge in [0.2, 0.25) is 5.91 Å². The van der Waals surface area contributed by atoms with Gasteiger partial charge in [-0.3, -0.25) is 9.59 Å². The zero-order valence-electron chi connectivity index (χ0n) is 12.4. The second kappa shape index (κ2) is 6.61. The van der Waals surface area contributed by atoms with Crippen LogP contribution in [-0.4, -0.2) is 23.6 Å². The van der Waals surface area contributed by atoms with Gasteiger partial charge in [-0.05, 0) is 43.9 Å². The summed E-state index contributed by atoms with van der Waals surface area (Å²) in [6, 6.07) is 5.57. The van der Waals surface area contributed by atoms with Gasteiger partial charge in [-0.2, -0.15) is 0 Å². The first kappa shape index (κ1) is 15.4. The maximum absolute atomic E-state index is 12.2. The normalized spacial score (nSPS) is 20.5. The summed E-state index contributed by atoms with van der Waals surface area (Å²) in [5.41, 5.74) is 1.65. The number of amides is 1. The fourth-order valence-corrected chi connectivity index (χ4v) is 2.40. The summed E-state index contributed by atoms with van der Waals surface area (Å²) >= 11 is 0. The van der Waals surface area contributed by atoms with Crippen molar-refractivity contribution in [1.29, 1.82) is 0 Å². The number of benzene rings is 1. The van der Waals surface area contributed by atoms with Crippen LogP contribution in [-0.2, 0) is 9.59 Å². The molecule has 1 aromatic rings. The molecule has 1 amide bonds. The van der Waals surface area contributed by atoms with Crippen molar-refractivity contribution in [2.75, 3.05) is 11.9 Å². The second-order valence-electron chi connectivity index (χ2n) is 5.47. The highest BCUT2D eigenvalue weighted by Crippen LogP contribution is 2.36. The number of carboxylic acids is 1. The smallest absolute Gasteiger partial charge is 0.307 e. The molecular formula is C16H21NO4. The van der Waals surface area contributed by atoms with Crippen LogP contribution in [0.3, 0.4) is 0 Å². The lowest BCUT2D eigenvalue weighted by atomic mass is 9.73. The fraction of sp³-hybridized carbons (Fsp3) is 0.500. The maximum Gasteiger partial charge on any atom is 0.307 e. The van der Waals surface area contributed by atoms with Crippen LogP contribution >= 0.6 is 0 Å². The van der Waals surface area contributed by atoms with Gasteiger partial charge in [-0.15, -0.1) is 0 Å². The number of rotatable bonds is 6. The van der Waals surface area contributed by atoms with Gasteiger partial charge in [0.25, 0.3) is 0 Å². The van der Waals surface area contributed by atoms with E-state index in [-0.39, 0.29) is 5.91 Å². The van der Waals surface area contributed by atoms with Crippen LogP contribution in [0, 0.1) is 18.8 Å². The molecule has 0 heterocycles. The van der Waals surface area contributed by atoms with Crippen molar-refractivity contribution >= 4 is 17.6 Å². The SMILES string of the molecule is CCCOc1cc(C)ccc1NC(=O)C1CCC1C(=O)O. The first-order valence-corrected chi connectivity index (χ1v) is 7.30. The van der Waals surface area contributed by atoms with Crippen molar-refractivity contribution in [2.45, 2.75) is 33.1 Å². The lowest BCUT2D eigenvalue weighted by molar-refractivity contribution is -0.151. The molecule has 0 aromatic heterocycles. The van der Waals surface area contributed by atoms with Crippen LogP contribution in [0.25, 0.3) is 0 Å². The number of nitrogens with one attached hydrogen (secondary N) is 1. The molecule has 1 fully saturated rings. The van der Waals surface area contributed by atoms with Gasteiger partial charge in [0.05, 0.1) is 24.1 Å². The van der Waals surface area contributed by atoms with Gasteiger partial charge in [-0.25, -0.2) is 0 Å². The van der Waals surface area contributed by atoms with Crippen LogP contribution in [0.2, 0.25) is 0 Å². The van der Waals surface area contributed by atoms with E-state index in [1.54, 1.807) is 6.07 Å².